The van der Waals surface area contributed by atoms with Crippen LogP contribution in [0.15, 0.2) is 58.3 Å². The van der Waals surface area contributed by atoms with E-state index >= 15 is 0 Å². The number of rotatable bonds is 4. The lowest BCUT2D eigenvalue weighted by atomic mass is 10.0. The molecule has 0 aromatic heterocycles. The molecule has 0 bridgehead atoms. The molecule has 0 aliphatic carbocycles. The molecule has 0 radical (unpaired) electrons. The first-order chi connectivity index (χ1) is 9.08. The molecule has 2 N–H and O–H groups in total. The summed E-state index contributed by atoms with van der Waals surface area (Å²) in [5.74, 6) is 0.579. The van der Waals surface area contributed by atoms with Crippen molar-refractivity contribution in [1.29, 1.82) is 0 Å². The number of hydrogen-bond acceptors (Lipinski definition) is 2. The average Bonchev–Trinajstić information content (AvgIpc) is 2.39. The van der Waals surface area contributed by atoms with Crippen molar-refractivity contribution in [2.24, 2.45) is 5.73 Å². The molecule has 2 rings (SSSR count). The summed E-state index contributed by atoms with van der Waals surface area (Å²) >= 11 is 1.78. The van der Waals surface area contributed by atoms with Crippen LogP contribution < -0.4 is 5.73 Å². The van der Waals surface area contributed by atoms with Crippen molar-refractivity contribution in [2.75, 3.05) is 0 Å². The fourth-order valence-corrected chi connectivity index (χ4v) is 3.04. The highest BCUT2D eigenvalue weighted by molar-refractivity contribution is 7.99. The van der Waals surface area contributed by atoms with E-state index < -0.39 is 0 Å². The summed E-state index contributed by atoms with van der Waals surface area (Å²) in [6, 6.07) is 17.2. The van der Waals surface area contributed by atoms with Crippen LogP contribution in [0.4, 0.5) is 0 Å². The summed E-state index contributed by atoms with van der Waals surface area (Å²) in [5.41, 5.74) is 8.61. The molecule has 1 nitrogen and oxygen atoms in total. The van der Waals surface area contributed by atoms with Crippen LogP contribution in [-0.2, 0) is 0 Å². The molecule has 0 heterocycles. The van der Waals surface area contributed by atoms with Gasteiger partial charge in [-0.15, -0.1) is 0 Å². The molecule has 0 saturated carbocycles. The lowest BCUT2D eigenvalue weighted by Gasteiger charge is -2.12. The van der Waals surface area contributed by atoms with Crippen molar-refractivity contribution in [1.82, 2.24) is 0 Å². The van der Waals surface area contributed by atoms with Gasteiger partial charge in [-0.3, -0.25) is 0 Å². The molecule has 100 valence electrons. The molecular weight excluding hydrogens is 250 g/mol. The second-order valence-corrected chi connectivity index (χ2v) is 6.27. The zero-order valence-corrected chi connectivity index (χ0v) is 12.6. The fourth-order valence-electron chi connectivity index (χ4n) is 2.00. The molecule has 1 unspecified atom stereocenters. The van der Waals surface area contributed by atoms with Crippen LogP contribution in [0.1, 0.15) is 43.9 Å². The second-order valence-electron chi connectivity index (χ2n) is 5.15. The van der Waals surface area contributed by atoms with Crippen molar-refractivity contribution < 1.29 is 0 Å². The summed E-state index contributed by atoms with van der Waals surface area (Å²) in [4.78, 5) is 2.51. The fraction of sp³-hybridized carbons (Fsp3) is 0.294. The minimum Gasteiger partial charge on any atom is -0.324 e. The Morgan fingerprint density at radius 1 is 0.895 bits per heavy atom. The molecule has 2 heteroatoms. The van der Waals surface area contributed by atoms with E-state index in [1.165, 1.54) is 20.9 Å². The van der Waals surface area contributed by atoms with Crippen molar-refractivity contribution in [3.63, 3.8) is 0 Å². The molecule has 0 amide bonds. The third-order valence-corrected chi connectivity index (χ3v) is 4.28. The van der Waals surface area contributed by atoms with Gasteiger partial charge in [0.15, 0.2) is 0 Å². The summed E-state index contributed by atoms with van der Waals surface area (Å²) < 4.78 is 0. The normalized spacial score (nSPS) is 12.7. The van der Waals surface area contributed by atoms with Gasteiger partial charge in [-0.2, -0.15) is 0 Å². The van der Waals surface area contributed by atoms with Crippen molar-refractivity contribution >= 4 is 11.8 Å². The van der Waals surface area contributed by atoms with E-state index in [1.807, 2.05) is 13.0 Å². The Morgan fingerprint density at radius 3 is 2.11 bits per heavy atom. The largest absolute Gasteiger partial charge is 0.324 e. The van der Waals surface area contributed by atoms with E-state index in [-0.39, 0.29) is 6.04 Å². The van der Waals surface area contributed by atoms with E-state index in [4.69, 9.17) is 5.73 Å². The smallest absolute Gasteiger partial charge is 0.0277 e. The first kappa shape index (κ1) is 14.2. The van der Waals surface area contributed by atoms with Crippen LogP contribution >= 0.6 is 11.8 Å². The molecule has 1 atom stereocenters. The SMILES string of the molecule is CC(C)c1ccc(Sc2ccccc2C(C)N)cc1. The Hall–Kier alpha value is -1.25. The van der Waals surface area contributed by atoms with Gasteiger partial charge < -0.3 is 5.73 Å². The summed E-state index contributed by atoms with van der Waals surface area (Å²) in [6.07, 6.45) is 0. The van der Waals surface area contributed by atoms with E-state index in [2.05, 4.69) is 56.3 Å². The molecule has 0 saturated heterocycles. The maximum atomic E-state index is 6.02. The third kappa shape index (κ3) is 3.62. The van der Waals surface area contributed by atoms with Crippen LogP contribution in [0.25, 0.3) is 0 Å². The first-order valence-corrected chi connectivity index (χ1v) is 7.52. The highest BCUT2D eigenvalue weighted by Gasteiger charge is 2.07. The quantitative estimate of drug-likeness (QED) is 0.848. The van der Waals surface area contributed by atoms with Gasteiger partial charge in [0, 0.05) is 15.8 Å². The molecular formula is C17H21NS. The van der Waals surface area contributed by atoms with Crippen LogP contribution in [0.5, 0.6) is 0 Å². The van der Waals surface area contributed by atoms with Crippen LogP contribution in [-0.4, -0.2) is 0 Å². The Balaban J connectivity index is 2.21. The standard InChI is InChI=1S/C17H21NS/c1-12(2)14-8-10-15(11-9-14)19-17-7-5-4-6-16(17)13(3)18/h4-13H,18H2,1-3H3. The summed E-state index contributed by atoms with van der Waals surface area (Å²) in [6.45, 7) is 6.46. The minimum atomic E-state index is 0.0682. The average molecular weight is 271 g/mol. The zero-order chi connectivity index (χ0) is 13.8. The monoisotopic (exact) mass is 271 g/mol. The molecule has 19 heavy (non-hydrogen) atoms. The first-order valence-electron chi connectivity index (χ1n) is 6.70. The highest BCUT2D eigenvalue weighted by Crippen LogP contribution is 2.33. The Bertz CT molecular complexity index is 529. The van der Waals surface area contributed by atoms with E-state index in [0.29, 0.717) is 5.92 Å². The van der Waals surface area contributed by atoms with Crippen molar-refractivity contribution in [3.8, 4) is 0 Å². The van der Waals surface area contributed by atoms with Gasteiger partial charge in [0.2, 0.25) is 0 Å². The predicted molar refractivity (Wildman–Crippen MR) is 83.7 cm³/mol. The number of nitrogens with two attached hydrogens (primary N) is 1. The number of hydrogen-bond donors (Lipinski definition) is 1. The minimum absolute atomic E-state index is 0.0682. The molecule has 0 aliphatic rings. The predicted octanol–water partition coefficient (Wildman–Crippen LogP) is 4.98. The van der Waals surface area contributed by atoms with E-state index in [1.54, 1.807) is 11.8 Å². The topological polar surface area (TPSA) is 26.0 Å². The Morgan fingerprint density at radius 2 is 1.53 bits per heavy atom. The Kier molecular flexibility index (Phi) is 4.67. The molecule has 0 aliphatic heterocycles. The van der Waals surface area contributed by atoms with Gasteiger partial charge in [0.1, 0.15) is 0 Å². The van der Waals surface area contributed by atoms with Gasteiger partial charge >= 0.3 is 0 Å². The summed E-state index contributed by atoms with van der Waals surface area (Å²) in [5, 5.41) is 0. The maximum Gasteiger partial charge on any atom is 0.0277 e. The van der Waals surface area contributed by atoms with Gasteiger partial charge in [-0.05, 0) is 42.2 Å². The van der Waals surface area contributed by atoms with Gasteiger partial charge in [-0.1, -0.05) is 55.9 Å². The van der Waals surface area contributed by atoms with E-state index in [0.717, 1.165) is 0 Å². The Labute approximate surface area is 120 Å². The van der Waals surface area contributed by atoms with Gasteiger partial charge in [0.05, 0.1) is 0 Å². The van der Waals surface area contributed by atoms with Crippen molar-refractivity contribution in [2.45, 2.75) is 42.5 Å². The summed E-state index contributed by atoms with van der Waals surface area (Å²) in [7, 11) is 0. The second kappa shape index (κ2) is 6.27. The van der Waals surface area contributed by atoms with Gasteiger partial charge in [0.25, 0.3) is 0 Å². The van der Waals surface area contributed by atoms with Crippen LogP contribution in [0, 0.1) is 0 Å². The molecule has 0 fully saturated rings. The third-order valence-electron chi connectivity index (χ3n) is 3.18. The molecule has 2 aromatic rings. The van der Waals surface area contributed by atoms with Crippen molar-refractivity contribution in [3.05, 3.63) is 59.7 Å². The van der Waals surface area contributed by atoms with E-state index in [9.17, 15) is 0 Å². The van der Waals surface area contributed by atoms with Gasteiger partial charge in [-0.25, -0.2) is 0 Å². The maximum absolute atomic E-state index is 6.02. The molecule has 0 spiro atoms. The van der Waals surface area contributed by atoms with Crippen LogP contribution in [0.2, 0.25) is 0 Å². The lowest BCUT2D eigenvalue weighted by Crippen LogP contribution is -2.05. The molecule has 2 aromatic carbocycles. The highest BCUT2D eigenvalue weighted by atomic mass is 32.2. The zero-order valence-electron chi connectivity index (χ0n) is 11.8. The number of benzene rings is 2. The van der Waals surface area contributed by atoms with Crippen LogP contribution in [0.3, 0.4) is 0 Å². The lowest BCUT2D eigenvalue weighted by molar-refractivity contribution is 0.797.